The van der Waals surface area contributed by atoms with Gasteiger partial charge in [-0.25, -0.2) is 0 Å². The lowest BCUT2D eigenvalue weighted by Gasteiger charge is -2.31. The molecule has 2 heterocycles. The molecule has 2 aliphatic heterocycles. The lowest BCUT2D eigenvalue weighted by atomic mass is 9.72. The monoisotopic (exact) mass is 524 g/mol. The van der Waals surface area contributed by atoms with E-state index in [4.69, 9.17) is 4.99 Å². The lowest BCUT2D eigenvalue weighted by molar-refractivity contribution is -0.113. The predicted molar refractivity (Wildman–Crippen MR) is 165 cm³/mol. The van der Waals surface area contributed by atoms with E-state index in [1.807, 2.05) is 26.0 Å². The Morgan fingerprint density at radius 2 is 1.35 bits per heavy atom. The minimum atomic E-state index is -0.408. The van der Waals surface area contributed by atoms with Crippen LogP contribution in [0.2, 0.25) is 0 Å². The first-order valence-corrected chi connectivity index (χ1v) is 13.9. The van der Waals surface area contributed by atoms with Gasteiger partial charge in [-0.2, -0.15) is 0 Å². The van der Waals surface area contributed by atoms with Crippen LogP contribution in [-0.2, 0) is 15.6 Å². The topological polar surface area (TPSA) is 61.7 Å². The van der Waals surface area contributed by atoms with Crippen molar-refractivity contribution in [2.75, 3.05) is 5.32 Å². The van der Waals surface area contributed by atoms with Crippen molar-refractivity contribution >= 4 is 44.4 Å². The number of hydrogen-bond donors (Lipinski definition) is 2. The Balaban J connectivity index is 1.32. The Morgan fingerprint density at radius 3 is 2.00 bits per heavy atom. The van der Waals surface area contributed by atoms with Gasteiger partial charge >= 0.3 is 0 Å². The maximum atomic E-state index is 13.8. The maximum absolute atomic E-state index is 13.8. The average molecular weight is 525 g/mol. The minimum Gasteiger partial charge on any atom is -0.506 e. The number of allylic oxidation sites excluding steroid dienone is 5. The molecule has 0 fully saturated rings. The van der Waals surface area contributed by atoms with Crippen LogP contribution < -0.4 is 5.32 Å². The van der Waals surface area contributed by atoms with Crippen molar-refractivity contribution in [3.63, 3.8) is 0 Å². The van der Waals surface area contributed by atoms with Gasteiger partial charge in [0.05, 0.1) is 22.5 Å². The van der Waals surface area contributed by atoms with E-state index in [1.54, 1.807) is 0 Å². The Labute approximate surface area is 234 Å². The van der Waals surface area contributed by atoms with E-state index >= 15 is 0 Å². The molecule has 4 aromatic rings. The van der Waals surface area contributed by atoms with Crippen LogP contribution in [0.15, 0.2) is 112 Å². The molecule has 0 saturated carbocycles. The lowest BCUT2D eigenvalue weighted by Crippen LogP contribution is -2.33. The van der Waals surface area contributed by atoms with E-state index in [0.717, 1.165) is 39.5 Å². The highest BCUT2D eigenvalue weighted by Crippen LogP contribution is 2.51. The first-order chi connectivity index (χ1) is 19.0. The number of benzene rings is 4. The highest BCUT2D eigenvalue weighted by Gasteiger charge is 2.45. The largest absolute Gasteiger partial charge is 0.506 e. The van der Waals surface area contributed by atoms with E-state index in [1.165, 1.54) is 27.1 Å². The Morgan fingerprint density at radius 1 is 0.750 bits per heavy atom. The van der Waals surface area contributed by atoms with Crippen molar-refractivity contribution in [3.05, 3.63) is 118 Å². The molecular weight excluding hydrogens is 492 g/mol. The zero-order valence-corrected chi connectivity index (χ0v) is 23.7. The number of anilines is 1. The standard InChI is InChI=1S/C36H32N2O2/c1-19(33-35(3,4)29-23-13-9-7-11-21(23)15-17-25(29)37-33)27-31(39)28(32(27)40)20(2)34-36(5,6)30-24-14-10-8-12-22(24)16-18-26(30)38-34/h7-18,37,39H,1-6H3/b28-20-,33-19+. The fraction of sp³-hybridized carbons (Fsp3) is 0.222. The van der Waals surface area contributed by atoms with Gasteiger partial charge < -0.3 is 10.4 Å². The molecule has 0 saturated heterocycles. The summed E-state index contributed by atoms with van der Waals surface area (Å²) >= 11 is 0. The van der Waals surface area contributed by atoms with Crippen molar-refractivity contribution < 1.29 is 9.90 Å². The van der Waals surface area contributed by atoms with Gasteiger partial charge in [-0.3, -0.25) is 9.79 Å². The van der Waals surface area contributed by atoms with Crippen LogP contribution >= 0.6 is 0 Å². The molecule has 0 unspecified atom stereocenters. The fourth-order valence-electron chi connectivity index (χ4n) is 7.31. The predicted octanol–water partition coefficient (Wildman–Crippen LogP) is 8.75. The number of aliphatic hydroxyl groups excluding tert-OH is 1. The molecule has 0 bridgehead atoms. The summed E-state index contributed by atoms with van der Waals surface area (Å²) in [6.45, 7) is 12.5. The molecule has 0 radical (unpaired) electrons. The first-order valence-electron chi connectivity index (χ1n) is 13.9. The Hall–Kier alpha value is -4.44. The normalized spacial score (nSPS) is 21.1. The van der Waals surface area contributed by atoms with Gasteiger partial charge in [0.25, 0.3) is 0 Å². The second kappa shape index (κ2) is 8.04. The van der Waals surface area contributed by atoms with E-state index in [-0.39, 0.29) is 17.0 Å². The number of nitrogens with one attached hydrogen (secondary N) is 1. The van der Waals surface area contributed by atoms with E-state index < -0.39 is 5.41 Å². The van der Waals surface area contributed by atoms with E-state index in [9.17, 15) is 9.90 Å². The number of hydrogen-bond acceptors (Lipinski definition) is 4. The van der Waals surface area contributed by atoms with Gasteiger partial charge in [-0.05, 0) is 69.8 Å². The molecule has 4 nitrogen and oxygen atoms in total. The molecule has 7 rings (SSSR count). The summed E-state index contributed by atoms with van der Waals surface area (Å²) in [5, 5.41) is 19.7. The Kier molecular flexibility index (Phi) is 4.95. The summed E-state index contributed by atoms with van der Waals surface area (Å²) < 4.78 is 0. The SMILES string of the molecule is C/C(C1=Nc2ccc3ccccc3c2C1(C)C)=C1/C(=O)C(C(/C)=C2/Nc3ccc4ccccc4c3C2(C)C)=C1O. The number of carbonyl (C=O) groups excluding carboxylic acids is 1. The van der Waals surface area contributed by atoms with Crippen molar-refractivity contribution in [1.29, 1.82) is 0 Å². The highest BCUT2D eigenvalue weighted by molar-refractivity contribution is 6.27. The van der Waals surface area contributed by atoms with Crippen LogP contribution in [0.1, 0.15) is 52.7 Å². The number of carbonyl (C=O) groups is 1. The third-order valence-electron chi connectivity index (χ3n) is 9.20. The number of aliphatic imine (C=N–C) groups is 1. The average Bonchev–Trinajstić information content (AvgIpc) is 3.37. The van der Waals surface area contributed by atoms with Crippen molar-refractivity contribution in [2.24, 2.45) is 4.99 Å². The summed E-state index contributed by atoms with van der Waals surface area (Å²) in [5.41, 5.74) is 7.64. The third-order valence-corrected chi connectivity index (χ3v) is 9.20. The molecule has 4 heteroatoms. The van der Waals surface area contributed by atoms with Crippen LogP contribution in [0.25, 0.3) is 21.5 Å². The molecule has 0 atom stereocenters. The van der Waals surface area contributed by atoms with Gasteiger partial charge in [0.15, 0.2) is 0 Å². The summed E-state index contributed by atoms with van der Waals surface area (Å²) in [5.74, 6) is -0.0667. The second-order valence-corrected chi connectivity index (χ2v) is 12.3. The maximum Gasteiger partial charge on any atom is 0.201 e. The second-order valence-electron chi connectivity index (χ2n) is 12.3. The highest BCUT2D eigenvalue weighted by atomic mass is 16.3. The quantitative estimate of drug-likeness (QED) is 0.258. The van der Waals surface area contributed by atoms with Gasteiger partial charge in [0.2, 0.25) is 5.78 Å². The number of Topliss-reactive ketones (excluding diaryl/α,β-unsaturated/α-hetero) is 1. The van der Waals surface area contributed by atoms with Crippen LogP contribution in [-0.4, -0.2) is 16.6 Å². The molecule has 40 heavy (non-hydrogen) atoms. The van der Waals surface area contributed by atoms with Gasteiger partial charge in [0, 0.05) is 22.2 Å². The summed E-state index contributed by atoms with van der Waals surface area (Å²) in [6.07, 6.45) is 0. The van der Waals surface area contributed by atoms with Gasteiger partial charge in [-0.1, -0.05) is 88.4 Å². The molecule has 4 aromatic carbocycles. The molecule has 1 aliphatic carbocycles. The number of aliphatic hydroxyl groups is 1. The Bertz CT molecular complexity index is 1960. The third kappa shape index (κ3) is 3.08. The molecule has 0 spiro atoms. The van der Waals surface area contributed by atoms with Crippen molar-refractivity contribution in [2.45, 2.75) is 52.4 Å². The molecule has 2 N–H and O–H groups in total. The summed E-state index contributed by atoms with van der Waals surface area (Å²) in [7, 11) is 0. The summed E-state index contributed by atoms with van der Waals surface area (Å²) in [6, 6.07) is 25.1. The zero-order chi connectivity index (χ0) is 28.1. The molecule has 198 valence electrons. The summed E-state index contributed by atoms with van der Waals surface area (Å²) in [4.78, 5) is 18.8. The first kappa shape index (κ1) is 24.6. The molecular formula is C36H32N2O2. The van der Waals surface area contributed by atoms with Crippen LogP contribution in [0, 0.1) is 0 Å². The zero-order valence-electron chi connectivity index (χ0n) is 23.7. The molecule has 3 aliphatic rings. The smallest absolute Gasteiger partial charge is 0.201 e. The number of rotatable bonds is 2. The van der Waals surface area contributed by atoms with Crippen molar-refractivity contribution in [1.82, 2.24) is 0 Å². The number of nitrogens with zero attached hydrogens (tertiary/aromatic N) is 1. The van der Waals surface area contributed by atoms with Crippen LogP contribution in [0.5, 0.6) is 0 Å². The number of fused-ring (bicyclic) bond motifs is 6. The van der Waals surface area contributed by atoms with Crippen LogP contribution in [0.4, 0.5) is 11.4 Å². The van der Waals surface area contributed by atoms with Gasteiger partial charge in [0.1, 0.15) is 5.76 Å². The van der Waals surface area contributed by atoms with Crippen molar-refractivity contribution in [3.8, 4) is 0 Å². The molecule has 0 aromatic heterocycles. The minimum absolute atomic E-state index is 0.0604. The van der Waals surface area contributed by atoms with Gasteiger partial charge in [-0.15, -0.1) is 0 Å². The molecule has 0 amide bonds. The van der Waals surface area contributed by atoms with Crippen LogP contribution in [0.3, 0.4) is 0 Å². The van der Waals surface area contributed by atoms with E-state index in [2.05, 4.69) is 93.7 Å². The van der Waals surface area contributed by atoms with E-state index in [0.29, 0.717) is 11.1 Å². The number of ketones is 1. The fourth-order valence-corrected chi connectivity index (χ4v) is 7.31.